The van der Waals surface area contributed by atoms with E-state index in [0.29, 0.717) is 4.90 Å². The molecule has 0 radical (unpaired) electrons. The SMILES string of the molecule is CS(=O)(=O)NC(=O)COC1C(n2cc(-c3cc(F)c(Cl)c(F)c3)nn2)[C@@H](O)C(CO)O[C@@H]1Sc1ccc(Cl)c(Cl)c1. The molecule has 222 valence electrons. The van der Waals surface area contributed by atoms with Crippen molar-refractivity contribution in [3.63, 3.8) is 0 Å². The summed E-state index contributed by atoms with van der Waals surface area (Å²) in [5, 5.41) is 28.8. The number of aromatic nitrogens is 3. The van der Waals surface area contributed by atoms with E-state index in [1.807, 2.05) is 0 Å². The Morgan fingerprint density at radius 3 is 2.49 bits per heavy atom. The van der Waals surface area contributed by atoms with Crippen LogP contribution in [0.3, 0.4) is 0 Å². The van der Waals surface area contributed by atoms with Gasteiger partial charge in [0.1, 0.15) is 58.7 Å². The fourth-order valence-electron chi connectivity index (χ4n) is 3.99. The monoisotopic (exact) mass is 672 g/mol. The van der Waals surface area contributed by atoms with Crippen molar-refractivity contribution in [1.82, 2.24) is 19.7 Å². The Bertz CT molecular complexity index is 1530. The molecule has 5 atom stereocenters. The Morgan fingerprint density at radius 1 is 1.20 bits per heavy atom. The van der Waals surface area contributed by atoms with Gasteiger partial charge in [0.25, 0.3) is 5.91 Å². The number of hydrogen-bond donors (Lipinski definition) is 3. The molecule has 1 saturated heterocycles. The zero-order valence-electron chi connectivity index (χ0n) is 20.7. The molecule has 3 N–H and O–H groups in total. The van der Waals surface area contributed by atoms with Gasteiger partial charge in [-0.1, -0.05) is 51.8 Å². The fourth-order valence-corrected chi connectivity index (χ4v) is 6.10. The number of sulfonamides is 1. The van der Waals surface area contributed by atoms with Crippen LogP contribution < -0.4 is 4.72 Å². The first-order valence-electron chi connectivity index (χ1n) is 11.5. The van der Waals surface area contributed by atoms with Crippen LogP contribution in [0.1, 0.15) is 6.04 Å². The van der Waals surface area contributed by atoms with Crippen LogP contribution in [-0.2, 0) is 24.3 Å². The number of carbonyl (C=O) groups is 1. The van der Waals surface area contributed by atoms with E-state index in [-0.39, 0.29) is 21.3 Å². The summed E-state index contributed by atoms with van der Waals surface area (Å²) >= 11 is 18.8. The van der Waals surface area contributed by atoms with E-state index in [0.717, 1.165) is 34.8 Å². The molecular formula is C23H21Cl3F2N4O7S2. The van der Waals surface area contributed by atoms with Crippen molar-refractivity contribution in [3.8, 4) is 11.3 Å². The largest absolute Gasteiger partial charge is 0.394 e. The van der Waals surface area contributed by atoms with E-state index in [4.69, 9.17) is 44.3 Å². The molecule has 3 aromatic rings. The minimum absolute atomic E-state index is 0.000891. The van der Waals surface area contributed by atoms with Gasteiger partial charge < -0.3 is 19.7 Å². The summed E-state index contributed by atoms with van der Waals surface area (Å²) in [6, 6.07) is 5.40. The first kappa shape index (κ1) is 31.8. The lowest BCUT2D eigenvalue weighted by Crippen LogP contribution is -2.56. The zero-order chi connectivity index (χ0) is 30.1. The van der Waals surface area contributed by atoms with Crippen LogP contribution in [0, 0.1) is 11.6 Å². The molecule has 2 aromatic carbocycles. The highest BCUT2D eigenvalue weighted by atomic mass is 35.5. The van der Waals surface area contributed by atoms with Crippen molar-refractivity contribution in [2.45, 2.75) is 34.7 Å². The molecule has 4 rings (SSSR count). The molecule has 1 aromatic heterocycles. The molecule has 0 bridgehead atoms. The minimum atomic E-state index is -3.90. The normalized spacial score (nSPS) is 23.0. The second-order valence-electron chi connectivity index (χ2n) is 8.81. The smallest absolute Gasteiger partial charge is 0.259 e. The van der Waals surface area contributed by atoms with Crippen molar-refractivity contribution >= 4 is 62.5 Å². The topological polar surface area (TPSA) is 153 Å². The standard InChI is InChI=1S/C23H21Cl3F2N4O7S2/c1-41(36,37)30-18(34)9-38-22-20(32-7-16(29-31-32)10-4-14(27)19(26)15(28)5-10)21(35)17(8-33)39-23(22)40-11-2-3-12(24)13(25)6-11/h2-7,17,20-23,33,35H,8-9H2,1H3,(H,30,34)/t17?,20?,21-,22?,23+/m0/s1. The molecule has 0 aliphatic carbocycles. The first-order chi connectivity index (χ1) is 19.3. The Labute approximate surface area is 251 Å². The van der Waals surface area contributed by atoms with Gasteiger partial charge in [-0.05, 0) is 30.3 Å². The molecule has 18 heteroatoms. The number of aliphatic hydroxyl groups is 2. The lowest BCUT2D eigenvalue weighted by atomic mass is 9.97. The Morgan fingerprint density at radius 2 is 1.88 bits per heavy atom. The molecule has 2 heterocycles. The van der Waals surface area contributed by atoms with Crippen molar-refractivity contribution in [3.05, 3.63) is 63.2 Å². The number of ether oxygens (including phenoxy) is 2. The predicted molar refractivity (Wildman–Crippen MR) is 146 cm³/mol. The van der Waals surface area contributed by atoms with Crippen molar-refractivity contribution < 1.29 is 41.7 Å². The average molecular weight is 674 g/mol. The summed E-state index contributed by atoms with van der Waals surface area (Å²) in [6.07, 6.45) is -1.85. The number of aliphatic hydroxyl groups excluding tert-OH is 2. The van der Waals surface area contributed by atoms with Gasteiger partial charge in [0, 0.05) is 10.5 Å². The van der Waals surface area contributed by atoms with Crippen LogP contribution in [0.15, 0.2) is 41.4 Å². The van der Waals surface area contributed by atoms with E-state index in [2.05, 4.69) is 10.3 Å². The number of thioether (sulfide) groups is 1. The molecule has 1 fully saturated rings. The third-order valence-electron chi connectivity index (χ3n) is 5.77. The number of rotatable bonds is 9. The number of halogens is 5. The van der Waals surface area contributed by atoms with Gasteiger partial charge in [-0.25, -0.2) is 21.9 Å². The van der Waals surface area contributed by atoms with Crippen molar-refractivity contribution in [2.24, 2.45) is 0 Å². The van der Waals surface area contributed by atoms with Gasteiger partial charge in [-0.15, -0.1) is 5.10 Å². The van der Waals surface area contributed by atoms with Crippen LogP contribution in [0.2, 0.25) is 15.1 Å². The Balaban J connectivity index is 1.72. The number of amides is 1. The number of hydrogen-bond acceptors (Lipinski definition) is 10. The van der Waals surface area contributed by atoms with Crippen LogP contribution in [-0.4, -0.2) is 82.7 Å². The zero-order valence-corrected chi connectivity index (χ0v) is 24.6. The molecule has 1 aliphatic heterocycles. The maximum atomic E-state index is 14.1. The summed E-state index contributed by atoms with van der Waals surface area (Å²) in [4.78, 5) is 12.8. The maximum Gasteiger partial charge on any atom is 0.259 e. The lowest BCUT2D eigenvalue weighted by Gasteiger charge is -2.43. The maximum absolute atomic E-state index is 14.1. The molecule has 3 unspecified atom stereocenters. The Kier molecular flexibility index (Phi) is 10.1. The van der Waals surface area contributed by atoms with E-state index in [1.54, 1.807) is 10.8 Å². The molecule has 1 amide bonds. The summed E-state index contributed by atoms with van der Waals surface area (Å²) in [6.45, 7) is -1.41. The highest BCUT2D eigenvalue weighted by molar-refractivity contribution is 7.99. The van der Waals surface area contributed by atoms with Gasteiger partial charge in [-0.3, -0.25) is 9.52 Å². The minimum Gasteiger partial charge on any atom is -0.394 e. The molecular weight excluding hydrogens is 653 g/mol. The van der Waals surface area contributed by atoms with Crippen molar-refractivity contribution in [2.75, 3.05) is 19.5 Å². The van der Waals surface area contributed by atoms with E-state index in [1.165, 1.54) is 18.3 Å². The Hall–Kier alpha value is -2.08. The number of nitrogens with zero attached hydrogens (tertiary/aromatic N) is 3. The van der Waals surface area contributed by atoms with Crippen LogP contribution >= 0.6 is 46.6 Å². The number of nitrogens with one attached hydrogen (secondary N) is 1. The lowest BCUT2D eigenvalue weighted by molar-refractivity contribution is -0.193. The number of benzene rings is 2. The van der Waals surface area contributed by atoms with Crippen LogP contribution in [0.4, 0.5) is 8.78 Å². The second kappa shape index (κ2) is 13.1. The molecule has 0 spiro atoms. The van der Waals surface area contributed by atoms with Gasteiger partial charge in [0.05, 0.1) is 29.1 Å². The average Bonchev–Trinajstić information content (AvgIpc) is 3.37. The van der Waals surface area contributed by atoms with Crippen LogP contribution in [0.25, 0.3) is 11.3 Å². The van der Waals surface area contributed by atoms with Gasteiger partial charge in [0.15, 0.2) is 0 Å². The molecule has 41 heavy (non-hydrogen) atoms. The molecule has 0 saturated carbocycles. The first-order valence-corrected chi connectivity index (χ1v) is 15.4. The summed E-state index contributed by atoms with van der Waals surface area (Å²) in [5.41, 5.74) is -1.05. The third kappa shape index (κ3) is 7.66. The summed E-state index contributed by atoms with van der Waals surface area (Å²) in [7, 11) is -3.90. The van der Waals surface area contributed by atoms with E-state index >= 15 is 0 Å². The fraction of sp³-hybridized carbons (Fsp3) is 0.348. The number of carbonyl (C=O) groups excluding carboxylic acids is 1. The summed E-state index contributed by atoms with van der Waals surface area (Å²) < 4.78 is 65.7. The second-order valence-corrected chi connectivity index (χ2v) is 12.9. The predicted octanol–water partition coefficient (Wildman–Crippen LogP) is 3.06. The van der Waals surface area contributed by atoms with Crippen LogP contribution in [0.5, 0.6) is 0 Å². The molecule has 11 nitrogen and oxygen atoms in total. The molecule has 1 aliphatic rings. The van der Waals surface area contributed by atoms with Gasteiger partial charge in [-0.2, -0.15) is 0 Å². The third-order valence-corrected chi connectivity index (χ3v) is 8.61. The highest BCUT2D eigenvalue weighted by Gasteiger charge is 2.48. The highest BCUT2D eigenvalue weighted by Crippen LogP contribution is 2.41. The van der Waals surface area contributed by atoms with Gasteiger partial charge >= 0.3 is 0 Å². The quantitative estimate of drug-likeness (QED) is 0.289. The van der Waals surface area contributed by atoms with E-state index < -0.39 is 75.6 Å². The van der Waals surface area contributed by atoms with Crippen molar-refractivity contribution in [1.29, 1.82) is 0 Å². The van der Waals surface area contributed by atoms with Gasteiger partial charge in [0.2, 0.25) is 10.0 Å². The summed E-state index contributed by atoms with van der Waals surface area (Å²) in [5.74, 6) is -3.06. The van der Waals surface area contributed by atoms with E-state index in [9.17, 15) is 32.2 Å².